The molecule has 1 aromatic carbocycles. The van der Waals surface area contributed by atoms with Crippen LogP contribution in [0.5, 0.6) is 0 Å². The van der Waals surface area contributed by atoms with E-state index in [-0.39, 0.29) is 17.1 Å². The summed E-state index contributed by atoms with van der Waals surface area (Å²) in [6.07, 6.45) is 2.43. The molecule has 2 aromatic rings. The van der Waals surface area contributed by atoms with Crippen LogP contribution in [0.15, 0.2) is 35.1 Å². The highest BCUT2D eigenvalue weighted by Crippen LogP contribution is 2.31. The van der Waals surface area contributed by atoms with Crippen LogP contribution in [0.1, 0.15) is 47.0 Å². The molecule has 2 heterocycles. The quantitative estimate of drug-likeness (QED) is 0.911. The van der Waals surface area contributed by atoms with Crippen molar-refractivity contribution < 1.29 is 28.3 Å². The molecule has 3 rings (SSSR count). The van der Waals surface area contributed by atoms with E-state index in [1.807, 2.05) is 0 Å². The Kier molecular flexibility index (Phi) is 4.68. The van der Waals surface area contributed by atoms with Crippen LogP contribution in [0.2, 0.25) is 0 Å². The molecule has 1 aliphatic heterocycles. The number of aromatic carboxylic acids is 1. The number of rotatable bonds is 5. The lowest BCUT2D eigenvalue weighted by Crippen LogP contribution is -2.25. The molecule has 6 nitrogen and oxygen atoms in total. The molecule has 0 unspecified atom stereocenters. The number of halogens is 1. The van der Waals surface area contributed by atoms with Crippen molar-refractivity contribution in [2.75, 3.05) is 6.61 Å². The maximum Gasteiger partial charge on any atom is 0.341 e. The van der Waals surface area contributed by atoms with Crippen LogP contribution < -0.4 is 0 Å². The summed E-state index contributed by atoms with van der Waals surface area (Å²) < 4.78 is 29.4. The lowest BCUT2D eigenvalue weighted by Gasteiger charge is -2.27. The van der Waals surface area contributed by atoms with E-state index in [0.717, 1.165) is 19.1 Å². The summed E-state index contributed by atoms with van der Waals surface area (Å²) in [6, 6.07) is 5.63. The van der Waals surface area contributed by atoms with Crippen molar-refractivity contribution in [2.24, 2.45) is 0 Å². The SMILES string of the molecule is O=C(O)c1conc1[C@H](O[C@@H]1CCCCO1)c1ccc(F)cc1. The summed E-state index contributed by atoms with van der Waals surface area (Å²) >= 11 is 0. The molecular formula is C16H16FNO5. The van der Waals surface area contributed by atoms with Crippen LogP contribution in [0, 0.1) is 5.82 Å². The number of carbonyl (C=O) groups is 1. The van der Waals surface area contributed by atoms with Gasteiger partial charge in [-0.1, -0.05) is 17.3 Å². The molecular weight excluding hydrogens is 305 g/mol. The van der Waals surface area contributed by atoms with Gasteiger partial charge in [0.2, 0.25) is 0 Å². The van der Waals surface area contributed by atoms with Crippen LogP contribution in [0.3, 0.4) is 0 Å². The summed E-state index contributed by atoms with van der Waals surface area (Å²) in [7, 11) is 0. The molecule has 1 fully saturated rings. The van der Waals surface area contributed by atoms with E-state index in [9.17, 15) is 14.3 Å². The molecule has 0 aliphatic carbocycles. The monoisotopic (exact) mass is 321 g/mol. The van der Waals surface area contributed by atoms with E-state index in [1.54, 1.807) is 0 Å². The predicted octanol–water partition coefficient (Wildman–Crippen LogP) is 3.14. The maximum atomic E-state index is 13.2. The molecule has 122 valence electrons. The lowest BCUT2D eigenvalue weighted by atomic mass is 10.0. The number of carboxylic acids is 1. The number of ether oxygens (including phenoxy) is 2. The van der Waals surface area contributed by atoms with Gasteiger partial charge in [-0.05, 0) is 37.0 Å². The average molecular weight is 321 g/mol. The molecule has 0 saturated carbocycles. The highest BCUT2D eigenvalue weighted by molar-refractivity contribution is 5.88. The first-order valence-corrected chi connectivity index (χ1v) is 7.35. The second-order valence-electron chi connectivity index (χ2n) is 5.28. The zero-order valence-electron chi connectivity index (χ0n) is 12.3. The Bertz CT molecular complexity index is 663. The molecule has 2 atom stereocenters. The minimum atomic E-state index is -1.17. The van der Waals surface area contributed by atoms with Crippen molar-refractivity contribution in [1.82, 2.24) is 5.16 Å². The fourth-order valence-corrected chi connectivity index (χ4v) is 2.50. The third kappa shape index (κ3) is 3.57. The molecule has 23 heavy (non-hydrogen) atoms. The van der Waals surface area contributed by atoms with Gasteiger partial charge >= 0.3 is 5.97 Å². The van der Waals surface area contributed by atoms with Gasteiger partial charge in [0.05, 0.1) is 0 Å². The minimum Gasteiger partial charge on any atom is -0.478 e. The largest absolute Gasteiger partial charge is 0.478 e. The second kappa shape index (κ2) is 6.89. The number of benzene rings is 1. The Morgan fingerprint density at radius 1 is 1.35 bits per heavy atom. The van der Waals surface area contributed by atoms with Gasteiger partial charge in [-0.2, -0.15) is 0 Å². The van der Waals surface area contributed by atoms with Gasteiger partial charge in [-0.25, -0.2) is 9.18 Å². The van der Waals surface area contributed by atoms with Gasteiger partial charge in [0.15, 0.2) is 6.29 Å². The number of carboxylic acid groups (broad SMARTS) is 1. The standard InChI is InChI=1S/C16H16FNO5/c17-11-6-4-10(5-7-11)15(23-13-3-1-2-8-21-13)14-12(16(19)20)9-22-18-14/h4-7,9,13,15H,1-3,8H2,(H,19,20)/t13-,15-/m1/s1. The second-order valence-corrected chi connectivity index (χ2v) is 5.28. The zero-order valence-corrected chi connectivity index (χ0v) is 12.3. The Balaban J connectivity index is 1.93. The van der Waals surface area contributed by atoms with E-state index < -0.39 is 18.4 Å². The van der Waals surface area contributed by atoms with Crippen molar-refractivity contribution in [3.05, 3.63) is 53.2 Å². The molecule has 0 radical (unpaired) electrons. The van der Waals surface area contributed by atoms with Crippen molar-refractivity contribution >= 4 is 5.97 Å². The zero-order chi connectivity index (χ0) is 16.2. The summed E-state index contributed by atoms with van der Waals surface area (Å²) in [5.41, 5.74) is 0.630. The normalized spacial score (nSPS) is 19.4. The van der Waals surface area contributed by atoms with Crippen molar-refractivity contribution in [2.45, 2.75) is 31.7 Å². The highest BCUT2D eigenvalue weighted by Gasteiger charge is 2.29. The molecule has 0 amide bonds. The first-order chi connectivity index (χ1) is 11.1. The van der Waals surface area contributed by atoms with Crippen LogP contribution in [0.25, 0.3) is 0 Å². The third-order valence-corrected chi connectivity index (χ3v) is 3.67. The fourth-order valence-electron chi connectivity index (χ4n) is 2.50. The van der Waals surface area contributed by atoms with Crippen LogP contribution >= 0.6 is 0 Å². The summed E-state index contributed by atoms with van der Waals surface area (Å²) in [6.45, 7) is 0.589. The topological polar surface area (TPSA) is 81.8 Å². The summed E-state index contributed by atoms with van der Waals surface area (Å²) in [5.74, 6) is -1.55. The van der Waals surface area contributed by atoms with E-state index >= 15 is 0 Å². The molecule has 1 aliphatic rings. The minimum absolute atomic E-state index is 0.0878. The maximum absolute atomic E-state index is 13.2. The Labute approximate surface area is 131 Å². The highest BCUT2D eigenvalue weighted by atomic mass is 19.1. The van der Waals surface area contributed by atoms with Gasteiger partial charge in [0, 0.05) is 6.61 Å². The van der Waals surface area contributed by atoms with E-state index in [4.69, 9.17) is 14.0 Å². The number of hydrogen-bond donors (Lipinski definition) is 1. The lowest BCUT2D eigenvalue weighted by molar-refractivity contribution is -0.182. The first-order valence-electron chi connectivity index (χ1n) is 7.35. The fraction of sp³-hybridized carbons (Fsp3) is 0.375. The molecule has 1 N–H and O–H groups in total. The van der Waals surface area contributed by atoms with Crippen LogP contribution in [0.4, 0.5) is 4.39 Å². The van der Waals surface area contributed by atoms with Gasteiger partial charge < -0.3 is 19.1 Å². The first kappa shape index (κ1) is 15.6. The van der Waals surface area contributed by atoms with Crippen molar-refractivity contribution in [1.29, 1.82) is 0 Å². The third-order valence-electron chi connectivity index (χ3n) is 3.67. The Hall–Kier alpha value is -2.25. The van der Waals surface area contributed by atoms with E-state index in [0.29, 0.717) is 18.6 Å². The predicted molar refractivity (Wildman–Crippen MR) is 76.4 cm³/mol. The number of aromatic nitrogens is 1. The smallest absolute Gasteiger partial charge is 0.341 e. The van der Waals surface area contributed by atoms with Crippen molar-refractivity contribution in [3.63, 3.8) is 0 Å². The van der Waals surface area contributed by atoms with Gasteiger partial charge in [0.25, 0.3) is 0 Å². The van der Waals surface area contributed by atoms with Crippen LogP contribution in [-0.2, 0) is 9.47 Å². The number of hydrogen-bond acceptors (Lipinski definition) is 5. The summed E-state index contributed by atoms with van der Waals surface area (Å²) in [5, 5.41) is 13.0. The van der Waals surface area contributed by atoms with E-state index in [2.05, 4.69) is 5.16 Å². The van der Waals surface area contributed by atoms with Gasteiger partial charge in [-0.15, -0.1) is 0 Å². The molecule has 0 spiro atoms. The Morgan fingerprint density at radius 3 is 2.78 bits per heavy atom. The van der Waals surface area contributed by atoms with E-state index in [1.165, 1.54) is 24.3 Å². The average Bonchev–Trinajstić information content (AvgIpc) is 3.04. The molecule has 1 aromatic heterocycles. The van der Waals surface area contributed by atoms with Crippen molar-refractivity contribution in [3.8, 4) is 0 Å². The molecule has 1 saturated heterocycles. The molecule has 0 bridgehead atoms. The number of nitrogens with zero attached hydrogens (tertiary/aromatic N) is 1. The Morgan fingerprint density at radius 2 is 2.13 bits per heavy atom. The summed E-state index contributed by atoms with van der Waals surface area (Å²) in [4.78, 5) is 11.3. The van der Waals surface area contributed by atoms with Gasteiger partial charge in [0.1, 0.15) is 29.4 Å². The van der Waals surface area contributed by atoms with Gasteiger partial charge in [-0.3, -0.25) is 0 Å². The molecule has 7 heteroatoms. The van der Waals surface area contributed by atoms with Crippen LogP contribution in [-0.4, -0.2) is 29.1 Å².